The molecule has 0 aliphatic carbocycles. The molecule has 6 rings (SSSR count). The first-order valence-corrected chi connectivity index (χ1v) is 13.5. The van der Waals surface area contributed by atoms with E-state index in [4.69, 9.17) is 10.2 Å². The van der Waals surface area contributed by atoms with Crippen molar-refractivity contribution >= 4 is 17.4 Å². The molecule has 1 aliphatic heterocycles. The van der Waals surface area contributed by atoms with Crippen LogP contribution in [0.1, 0.15) is 21.9 Å². The van der Waals surface area contributed by atoms with Gasteiger partial charge in [-0.1, -0.05) is 54.6 Å². The molecule has 0 atom stereocenters. The van der Waals surface area contributed by atoms with Crippen LogP contribution in [0.2, 0.25) is 0 Å². The summed E-state index contributed by atoms with van der Waals surface area (Å²) in [4.78, 5) is 32.0. The number of carbonyl (C=O) groups excluding carboxylic acids is 1. The molecule has 0 bridgehead atoms. The second-order valence-corrected chi connectivity index (χ2v) is 10.2. The molecule has 0 saturated carbocycles. The van der Waals surface area contributed by atoms with E-state index in [1.165, 1.54) is 10.5 Å². The van der Waals surface area contributed by atoms with Crippen molar-refractivity contribution in [2.75, 3.05) is 45.2 Å². The summed E-state index contributed by atoms with van der Waals surface area (Å²) in [6.07, 6.45) is 1.64. The smallest absolute Gasteiger partial charge is 0.273 e. The summed E-state index contributed by atoms with van der Waals surface area (Å²) < 4.78 is 1.77. The monoisotopic (exact) mass is 543 g/mol. The van der Waals surface area contributed by atoms with Gasteiger partial charge in [0.2, 0.25) is 5.82 Å². The Morgan fingerprint density at radius 2 is 1.66 bits per heavy atom. The first-order chi connectivity index (χ1) is 20.0. The predicted molar refractivity (Wildman–Crippen MR) is 156 cm³/mol. The molecule has 1 saturated heterocycles. The van der Waals surface area contributed by atoms with E-state index in [-0.39, 0.29) is 11.7 Å². The van der Waals surface area contributed by atoms with E-state index < -0.39 is 0 Å². The third-order valence-corrected chi connectivity index (χ3v) is 7.22. The molecule has 0 N–H and O–H groups in total. The molecule has 0 unspecified atom stereocenters. The van der Waals surface area contributed by atoms with Gasteiger partial charge in [0.15, 0.2) is 5.65 Å². The Morgan fingerprint density at radius 3 is 2.37 bits per heavy atom. The highest BCUT2D eigenvalue weighted by Gasteiger charge is 2.21. The lowest BCUT2D eigenvalue weighted by Crippen LogP contribution is -2.46. The molecule has 1 amide bonds. The maximum absolute atomic E-state index is 12.6. The molecule has 41 heavy (non-hydrogen) atoms. The molecular weight excluding hydrogens is 514 g/mol. The minimum absolute atomic E-state index is 0.157. The zero-order valence-corrected chi connectivity index (χ0v) is 23.0. The number of imidazole rings is 1. The SMILES string of the molecule is CN(C)C(=O)c1ccc2nc(-c3ccc(CN4CCN(c5ccnc(C#N)n5)CC4)cc3)c(-c3ccccc3)n2n1. The van der Waals surface area contributed by atoms with Crippen LogP contribution in [0.3, 0.4) is 0 Å². The van der Waals surface area contributed by atoms with Crippen LogP contribution >= 0.6 is 0 Å². The molecule has 10 heteroatoms. The minimum atomic E-state index is -0.157. The Bertz CT molecular complexity index is 1730. The van der Waals surface area contributed by atoms with Crippen molar-refractivity contribution in [3.05, 3.63) is 96.1 Å². The van der Waals surface area contributed by atoms with E-state index in [0.717, 1.165) is 61.1 Å². The predicted octanol–water partition coefficient (Wildman–Crippen LogP) is 3.75. The Kier molecular flexibility index (Phi) is 7.10. The number of piperazine rings is 1. The molecular formula is C31H29N9O. The Morgan fingerprint density at radius 1 is 0.902 bits per heavy atom. The fourth-order valence-electron chi connectivity index (χ4n) is 5.07. The van der Waals surface area contributed by atoms with Gasteiger partial charge in [0.25, 0.3) is 5.91 Å². The molecule has 0 spiro atoms. The zero-order valence-electron chi connectivity index (χ0n) is 23.0. The lowest BCUT2D eigenvalue weighted by molar-refractivity contribution is 0.0820. The van der Waals surface area contributed by atoms with E-state index in [1.807, 2.05) is 48.5 Å². The summed E-state index contributed by atoms with van der Waals surface area (Å²) in [6, 6.07) is 26.0. The van der Waals surface area contributed by atoms with E-state index >= 15 is 0 Å². The average molecular weight is 544 g/mol. The van der Waals surface area contributed by atoms with Crippen molar-refractivity contribution in [1.82, 2.24) is 34.4 Å². The molecule has 4 heterocycles. The van der Waals surface area contributed by atoms with Crippen molar-refractivity contribution in [3.63, 3.8) is 0 Å². The number of amides is 1. The van der Waals surface area contributed by atoms with Crippen LogP contribution in [0.5, 0.6) is 0 Å². The highest BCUT2D eigenvalue weighted by molar-refractivity contribution is 5.92. The lowest BCUT2D eigenvalue weighted by Gasteiger charge is -2.35. The Hall–Kier alpha value is -5.14. The summed E-state index contributed by atoms with van der Waals surface area (Å²) in [6.45, 7) is 4.32. The number of rotatable bonds is 6. The van der Waals surface area contributed by atoms with Gasteiger partial charge in [0.1, 0.15) is 23.3 Å². The van der Waals surface area contributed by atoms with E-state index in [2.05, 4.69) is 49.1 Å². The number of benzene rings is 2. The van der Waals surface area contributed by atoms with Gasteiger partial charge in [0.05, 0.1) is 5.69 Å². The van der Waals surface area contributed by atoms with Crippen LogP contribution < -0.4 is 4.90 Å². The normalized spacial score (nSPS) is 13.7. The second kappa shape index (κ2) is 11.2. The van der Waals surface area contributed by atoms with E-state index in [9.17, 15) is 4.79 Å². The van der Waals surface area contributed by atoms with E-state index in [1.54, 1.807) is 30.9 Å². The third kappa shape index (κ3) is 5.35. The average Bonchev–Trinajstić information content (AvgIpc) is 3.40. The molecule has 2 aromatic carbocycles. The van der Waals surface area contributed by atoms with Gasteiger partial charge in [-0.05, 0) is 23.8 Å². The number of fused-ring (bicyclic) bond motifs is 1. The van der Waals surface area contributed by atoms with Crippen LogP contribution in [0, 0.1) is 11.3 Å². The molecule has 10 nitrogen and oxygen atoms in total. The number of nitrogens with zero attached hydrogens (tertiary/aromatic N) is 9. The van der Waals surface area contributed by atoms with Gasteiger partial charge in [-0.25, -0.2) is 19.5 Å². The second-order valence-electron chi connectivity index (χ2n) is 10.2. The summed E-state index contributed by atoms with van der Waals surface area (Å²) in [5.41, 5.74) is 5.90. The van der Waals surface area contributed by atoms with Crippen molar-refractivity contribution in [2.24, 2.45) is 0 Å². The summed E-state index contributed by atoms with van der Waals surface area (Å²) in [5.74, 6) is 0.842. The highest BCUT2D eigenvalue weighted by Crippen LogP contribution is 2.32. The van der Waals surface area contributed by atoms with Crippen LogP contribution in [0.25, 0.3) is 28.2 Å². The molecule has 0 radical (unpaired) electrons. The number of aromatic nitrogens is 5. The molecule has 1 fully saturated rings. The minimum Gasteiger partial charge on any atom is -0.354 e. The molecule has 3 aromatic heterocycles. The molecule has 204 valence electrons. The number of nitriles is 1. The lowest BCUT2D eigenvalue weighted by atomic mass is 10.0. The number of hydrogen-bond donors (Lipinski definition) is 0. The van der Waals surface area contributed by atoms with Gasteiger partial charge in [-0.2, -0.15) is 10.4 Å². The Balaban J connectivity index is 1.23. The van der Waals surface area contributed by atoms with Crippen molar-refractivity contribution < 1.29 is 4.79 Å². The Labute approximate surface area is 238 Å². The van der Waals surface area contributed by atoms with Crippen LogP contribution in [0.4, 0.5) is 5.82 Å². The fraction of sp³-hybridized carbons (Fsp3) is 0.226. The molecule has 5 aromatic rings. The topological polar surface area (TPSA) is 107 Å². The largest absolute Gasteiger partial charge is 0.354 e. The first kappa shape index (κ1) is 26.1. The first-order valence-electron chi connectivity index (χ1n) is 13.5. The third-order valence-electron chi connectivity index (χ3n) is 7.22. The summed E-state index contributed by atoms with van der Waals surface area (Å²) in [5, 5.41) is 13.8. The van der Waals surface area contributed by atoms with Gasteiger partial charge in [-0.3, -0.25) is 9.69 Å². The number of anilines is 1. The summed E-state index contributed by atoms with van der Waals surface area (Å²) >= 11 is 0. The van der Waals surface area contributed by atoms with Crippen molar-refractivity contribution in [1.29, 1.82) is 5.26 Å². The van der Waals surface area contributed by atoms with Crippen LogP contribution in [-0.2, 0) is 6.54 Å². The standard InChI is InChI=1S/C31H29N9O/c1-37(2)31(41)25-12-13-28-35-29(30(40(28)36-25)24-6-4-3-5-7-24)23-10-8-22(9-11-23)21-38-16-18-39(19-17-38)27-14-15-33-26(20-32)34-27/h3-15H,16-19,21H2,1-2H3. The molecule has 1 aliphatic rings. The number of hydrogen-bond acceptors (Lipinski definition) is 8. The maximum Gasteiger partial charge on any atom is 0.273 e. The van der Waals surface area contributed by atoms with Gasteiger partial charge >= 0.3 is 0 Å². The fourth-order valence-corrected chi connectivity index (χ4v) is 5.07. The summed E-state index contributed by atoms with van der Waals surface area (Å²) in [7, 11) is 3.44. The van der Waals surface area contributed by atoms with Gasteiger partial charge < -0.3 is 9.80 Å². The zero-order chi connectivity index (χ0) is 28.3. The van der Waals surface area contributed by atoms with Gasteiger partial charge in [0, 0.05) is 64.1 Å². The highest BCUT2D eigenvalue weighted by atomic mass is 16.2. The van der Waals surface area contributed by atoms with E-state index in [0.29, 0.717) is 11.3 Å². The quantitative estimate of drug-likeness (QED) is 0.319. The van der Waals surface area contributed by atoms with Gasteiger partial charge in [-0.15, -0.1) is 0 Å². The van der Waals surface area contributed by atoms with Crippen LogP contribution in [0.15, 0.2) is 79.0 Å². The number of carbonyl (C=O) groups is 1. The maximum atomic E-state index is 12.6. The van der Waals surface area contributed by atoms with Crippen molar-refractivity contribution in [2.45, 2.75) is 6.54 Å². The van der Waals surface area contributed by atoms with Crippen molar-refractivity contribution in [3.8, 4) is 28.6 Å². The van der Waals surface area contributed by atoms with Crippen LogP contribution in [-0.4, -0.2) is 80.5 Å².